The maximum Gasteiger partial charge on any atom is 1.00 e. The quantitative estimate of drug-likeness (QED) is 0.273. The molecule has 1 saturated carbocycles. The van der Waals surface area contributed by atoms with E-state index in [1.807, 2.05) is 0 Å². The zero-order valence-electron chi connectivity index (χ0n) is 5.79. The van der Waals surface area contributed by atoms with Gasteiger partial charge in [0.25, 0.3) is 0 Å². The largest absolute Gasteiger partial charge is 1.00 e. The molecule has 10 heavy (non-hydrogen) atoms. The molecule has 1 aliphatic rings. The van der Waals surface area contributed by atoms with E-state index in [0.29, 0.717) is 0 Å². The van der Waals surface area contributed by atoms with Crippen LogP contribution in [0.3, 0.4) is 0 Å². The van der Waals surface area contributed by atoms with Gasteiger partial charge >= 0.3 is 58.6 Å². The van der Waals surface area contributed by atoms with Gasteiger partial charge in [-0.25, -0.2) is 0 Å². The van der Waals surface area contributed by atoms with Gasteiger partial charge in [0.15, 0.2) is 0 Å². The molecule has 0 aromatic heterocycles. The molecule has 0 heterocycles. The molecule has 0 atom stereocenters. The number of rotatable bonds is 0. The molecule has 0 saturated heterocycles. The fraction of sp³-hybridized carbons (Fsp3) is 0.750. The van der Waals surface area contributed by atoms with Crippen LogP contribution in [0, 0.1) is 6.42 Å². The summed E-state index contributed by atoms with van der Waals surface area (Å²) in [6, 6.07) is 0. The average Bonchev–Trinajstić information content (AvgIpc) is 1.12. The Labute approximate surface area is 100 Å². The Bertz CT molecular complexity index is 60.1. The van der Waals surface area contributed by atoms with E-state index in [4.69, 9.17) is 0 Å². The minimum absolute atomic E-state index is 0. The predicted octanol–water partition coefficient (Wildman–Crippen LogP) is -0.321. The van der Waals surface area contributed by atoms with Gasteiger partial charge in [-0.2, -0.15) is 12.8 Å². The fourth-order valence-electron chi connectivity index (χ4n) is 0.204. The maximum atomic E-state index is 9.75. The van der Waals surface area contributed by atoms with Crippen LogP contribution in [0.1, 0.15) is 19.3 Å². The summed E-state index contributed by atoms with van der Waals surface area (Å²) in [4.78, 5) is 0. The zero-order chi connectivity index (χ0) is 7.33. The van der Waals surface area contributed by atoms with Crippen LogP contribution in [0.25, 0.3) is 0 Å². The Kier molecular flexibility index (Phi) is 9.91. The molecule has 0 aliphatic heterocycles. The minimum Gasteiger partial charge on any atom is -0.418 e. The molecule has 0 nitrogen and oxygen atoms in total. The van der Waals surface area contributed by atoms with Crippen molar-refractivity contribution in [3.8, 4) is 0 Å². The van der Waals surface area contributed by atoms with E-state index >= 15 is 0 Å². The van der Waals surface area contributed by atoms with Crippen molar-refractivity contribution >= 4 is 7.25 Å². The van der Waals surface area contributed by atoms with Crippen LogP contribution in [0.2, 0.25) is 0 Å². The van der Waals surface area contributed by atoms with Gasteiger partial charge in [-0.15, -0.1) is 6.42 Å². The van der Waals surface area contributed by atoms with Crippen LogP contribution < -0.4 is 51.4 Å². The molecule has 0 aromatic rings. The Morgan fingerprint density at radius 1 is 1.00 bits per heavy atom. The van der Waals surface area contributed by atoms with Crippen molar-refractivity contribution < 1.29 is 68.6 Å². The number of hydrogen-bond donors (Lipinski definition) is 0. The molecule has 0 N–H and O–H groups in total. The molecule has 0 radical (unpaired) electrons. The molecule has 0 unspecified atom stereocenters. The van der Waals surface area contributed by atoms with Crippen molar-refractivity contribution in [1.29, 1.82) is 0 Å². The zero-order valence-corrected chi connectivity index (χ0v) is 8.91. The molecule has 1 fully saturated rings. The third-order valence-corrected chi connectivity index (χ3v) is 0.816. The van der Waals surface area contributed by atoms with E-state index in [0.717, 1.165) is 0 Å². The second-order valence-corrected chi connectivity index (χ2v) is 1.71. The maximum absolute atomic E-state index is 9.75. The fourth-order valence-corrected chi connectivity index (χ4v) is 0.204. The van der Waals surface area contributed by atoms with Crippen molar-refractivity contribution in [1.82, 2.24) is 0 Å². The van der Waals surface area contributed by atoms with Gasteiger partial charge in [-0.1, -0.05) is 0 Å². The number of hydrogen-bond acceptors (Lipinski definition) is 0. The summed E-state index contributed by atoms with van der Waals surface area (Å²) >= 11 is 0. The molecule has 0 bridgehead atoms. The molecule has 6 heteroatoms. The molecule has 0 spiro atoms. The summed E-state index contributed by atoms with van der Waals surface area (Å²) in [5.74, 6) is 0. The van der Waals surface area contributed by atoms with E-state index < -0.39 is 7.25 Å². The summed E-state index contributed by atoms with van der Waals surface area (Å²) in [5.41, 5.74) is 0. The van der Waals surface area contributed by atoms with Crippen LogP contribution in [0.5, 0.6) is 0 Å². The van der Waals surface area contributed by atoms with Gasteiger partial charge < -0.3 is 23.7 Å². The molecule has 1 aliphatic carbocycles. The topological polar surface area (TPSA) is 0 Å². The standard InChI is InChI=1S/C4H7.BF4.K/c1-2-4-3-1;2-1(3,4)5;/h1H,2-4H2;;/q2*-1;+1. The minimum atomic E-state index is -6.00. The van der Waals surface area contributed by atoms with Gasteiger partial charge in [0.1, 0.15) is 0 Å². The third kappa shape index (κ3) is 22.7. The van der Waals surface area contributed by atoms with Gasteiger partial charge in [0, 0.05) is 0 Å². The molecule has 56 valence electrons. The van der Waals surface area contributed by atoms with E-state index in [9.17, 15) is 17.3 Å². The van der Waals surface area contributed by atoms with Gasteiger partial charge in [-0.3, -0.25) is 0 Å². The van der Waals surface area contributed by atoms with Crippen LogP contribution in [0.4, 0.5) is 17.3 Å². The first kappa shape index (κ1) is 14.0. The van der Waals surface area contributed by atoms with E-state index in [1.54, 1.807) is 0 Å². The first-order chi connectivity index (χ1) is 4.00. The second kappa shape index (κ2) is 7.09. The molecular weight excluding hydrogens is 174 g/mol. The van der Waals surface area contributed by atoms with Gasteiger partial charge in [0.2, 0.25) is 0 Å². The normalized spacial score (nSPS) is 15.6. The van der Waals surface area contributed by atoms with E-state index in [1.165, 1.54) is 19.3 Å². The van der Waals surface area contributed by atoms with Crippen molar-refractivity contribution in [2.75, 3.05) is 0 Å². The number of halogens is 4. The average molecular weight is 181 g/mol. The van der Waals surface area contributed by atoms with Crippen molar-refractivity contribution in [2.45, 2.75) is 19.3 Å². The Hall–Kier alpha value is 1.42. The van der Waals surface area contributed by atoms with Crippen LogP contribution in [-0.4, -0.2) is 7.25 Å². The Morgan fingerprint density at radius 3 is 1.10 bits per heavy atom. The summed E-state index contributed by atoms with van der Waals surface area (Å²) in [5, 5.41) is 0. The summed E-state index contributed by atoms with van der Waals surface area (Å²) < 4.78 is 39.0. The molecule has 1 rings (SSSR count). The predicted molar refractivity (Wildman–Crippen MR) is 28.3 cm³/mol. The summed E-state index contributed by atoms with van der Waals surface area (Å²) in [6.07, 6.45) is 6.50. The van der Waals surface area contributed by atoms with Crippen LogP contribution >= 0.6 is 0 Å². The monoisotopic (exact) mass is 181 g/mol. The van der Waals surface area contributed by atoms with E-state index in [2.05, 4.69) is 6.42 Å². The van der Waals surface area contributed by atoms with Crippen molar-refractivity contribution in [3.63, 3.8) is 0 Å². The first-order valence-electron chi connectivity index (χ1n) is 2.69. The SMILES string of the molecule is F[B-](F)(F)F.[CH-]1CCC1.[K+]. The van der Waals surface area contributed by atoms with Crippen molar-refractivity contribution in [3.05, 3.63) is 6.42 Å². The smallest absolute Gasteiger partial charge is 0.418 e. The van der Waals surface area contributed by atoms with E-state index in [-0.39, 0.29) is 51.4 Å². The molecular formula is C4H7BF4K-. The Morgan fingerprint density at radius 2 is 1.10 bits per heavy atom. The summed E-state index contributed by atoms with van der Waals surface area (Å²) in [7, 11) is -6.00. The van der Waals surface area contributed by atoms with Crippen LogP contribution in [-0.2, 0) is 0 Å². The van der Waals surface area contributed by atoms with Crippen molar-refractivity contribution in [2.24, 2.45) is 0 Å². The van der Waals surface area contributed by atoms with Crippen LogP contribution in [0.15, 0.2) is 0 Å². The first-order valence-corrected chi connectivity index (χ1v) is 2.69. The molecule has 0 amide bonds. The Balaban J connectivity index is 0. The third-order valence-electron chi connectivity index (χ3n) is 0.816. The summed E-state index contributed by atoms with van der Waals surface area (Å²) in [6.45, 7) is 0. The van der Waals surface area contributed by atoms with Gasteiger partial charge in [-0.05, 0) is 0 Å². The second-order valence-electron chi connectivity index (χ2n) is 1.71. The van der Waals surface area contributed by atoms with Gasteiger partial charge in [0.05, 0.1) is 0 Å². The molecule has 0 aromatic carbocycles.